The van der Waals surface area contributed by atoms with Crippen LogP contribution in [0.2, 0.25) is 0 Å². The molecule has 1 aliphatic rings. The van der Waals surface area contributed by atoms with Gasteiger partial charge >= 0.3 is 0 Å². The molecule has 76 valence electrons. The normalized spacial score (nSPS) is 31.3. The van der Waals surface area contributed by atoms with Crippen LogP contribution < -0.4 is 5.73 Å². The highest BCUT2D eigenvalue weighted by atomic mass is 15.2. The molecule has 2 nitrogen and oxygen atoms in total. The van der Waals surface area contributed by atoms with Gasteiger partial charge in [-0.1, -0.05) is 19.1 Å². The van der Waals surface area contributed by atoms with Gasteiger partial charge in [-0.15, -0.1) is 0 Å². The lowest BCUT2D eigenvalue weighted by atomic mass is 9.93. The predicted molar refractivity (Wildman–Crippen MR) is 57.6 cm³/mol. The summed E-state index contributed by atoms with van der Waals surface area (Å²) in [6, 6.07) is 0.742. The Morgan fingerprint density at radius 2 is 2.15 bits per heavy atom. The Bertz CT molecular complexity index is 165. The van der Waals surface area contributed by atoms with Crippen LogP contribution in [0.15, 0.2) is 12.2 Å². The molecule has 1 aliphatic heterocycles. The molecule has 2 unspecified atom stereocenters. The zero-order valence-corrected chi connectivity index (χ0v) is 8.87. The lowest BCUT2D eigenvalue weighted by Gasteiger charge is -2.35. The number of rotatable bonds is 3. The molecule has 1 saturated heterocycles. The van der Waals surface area contributed by atoms with Crippen molar-refractivity contribution in [3.05, 3.63) is 12.2 Å². The first-order valence-electron chi connectivity index (χ1n) is 5.33. The zero-order valence-electron chi connectivity index (χ0n) is 8.87. The standard InChI is InChI=1S/C11H22N2/c1-10-5-8-13(11(2)9-10)7-4-3-6-12/h3-4,10-11H,5-9,12H2,1-2H3. The van der Waals surface area contributed by atoms with Crippen LogP contribution in [0.3, 0.4) is 0 Å². The van der Waals surface area contributed by atoms with Crippen LogP contribution in [0, 0.1) is 5.92 Å². The predicted octanol–water partition coefficient (Wildman–Crippen LogP) is 1.62. The molecule has 2 atom stereocenters. The molecule has 0 saturated carbocycles. The largest absolute Gasteiger partial charge is 0.327 e. The van der Waals surface area contributed by atoms with Gasteiger partial charge in [-0.2, -0.15) is 0 Å². The summed E-state index contributed by atoms with van der Waals surface area (Å²) in [4.78, 5) is 2.53. The number of nitrogens with zero attached hydrogens (tertiary/aromatic N) is 1. The van der Waals surface area contributed by atoms with Crippen LogP contribution in [0.4, 0.5) is 0 Å². The minimum absolute atomic E-state index is 0.665. The van der Waals surface area contributed by atoms with E-state index in [0.717, 1.165) is 18.5 Å². The molecular formula is C11H22N2. The van der Waals surface area contributed by atoms with E-state index in [2.05, 4.69) is 24.8 Å². The molecule has 1 fully saturated rings. The molecule has 1 heterocycles. The molecule has 1 rings (SSSR count). The third kappa shape index (κ3) is 3.49. The fourth-order valence-electron chi connectivity index (χ4n) is 2.03. The smallest absolute Gasteiger partial charge is 0.0166 e. The average molecular weight is 182 g/mol. The molecule has 0 aromatic heterocycles. The van der Waals surface area contributed by atoms with Crippen molar-refractivity contribution in [1.29, 1.82) is 0 Å². The van der Waals surface area contributed by atoms with Gasteiger partial charge in [-0.25, -0.2) is 0 Å². The average Bonchev–Trinajstić information content (AvgIpc) is 2.09. The Morgan fingerprint density at radius 3 is 2.77 bits per heavy atom. The Hall–Kier alpha value is -0.340. The van der Waals surface area contributed by atoms with Gasteiger partial charge in [0.05, 0.1) is 0 Å². The fraction of sp³-hybridized carbons (Fsp3) is 0.818. The van der Waals surface area contributed by atoms with Gasteiger partial charge in [-0.05, 0) is 32.2 Å². The zero-order chi connectivity index (χ0) is 9.68. The number of hydrogen-bond donors (Lipinski definition) is 1. The van der Waals surface area contributed by atoms with Gasteiger partial charge in [0.25, 0.3) is 0 Å². The van der Waals surface area contributed by atoms with Gasteiger partial charge in [0, 0.05) is 19.1 Å². The van der Waals surface area contributed by atoms with Crippen LogP contribution in [-0.4, -0.2) is 30.6 Å². The highest BCUT2D eigenvalue weighted by molar-refractivity contribution is 4.88. The van der Waals surface area contributed by atoms with E-state index in [1.165, 1.54) is 19.4 Å². The molecule has 0 amide bonds. The summed E-state index contributed by atoms with van der Waals surface area (Å²) >= 11 is 0. The maximum Gasteiger partial charge on any atom is 0.0166 e. The Balaban J connectivity index is 2.29. The molecule has 0 spiro atoms. The van der Waals surface area contributed by atoms with E-state index in [0.29, 0.717) is 6.54 Å². The second-order valence-electron chi connectivity index (χ2n) is 4.18. The minimum Gasteiger partial charge on any atom is -0.327 e. The van der Waals surface area contributed by atoms with Crippen molar-refractivity contribution in [2.45, 2.75) is 32.7 Å². The molecule has 2 N–H and O–H groups in total. The van der Waals surface area contributed by atoms with Gasteiger partial charge in [0.2, 0.25) is 0 Å². The van der Waals surface area contributed by atoms with Crippen molar-refractivity contribution in [2.75, 3.05) is 19.6 Å². The first-order valence-corrected chi connectivity index (χ1v) is 5.33. The summed E-state index contributed by atoms with van der Waals surface area (Å²) in [5.41, 5.74) is 5.40. The fourth-order valence-corrected chi connectivity index (χ4v) is 2.03. The van der Waals surface area contributed by atoms with Gasteiger partial charge in [0.15, 0.2) is 0 Å². The number of likely N-dealkylation sites (tertiary alicyclic amines) is 1. The Kier molecular flexibility index (Phi) is 4.46. The Morgan fingerprint density at radius 1 is 1.38 bits per heavy atom. The first kappa shape index (κ1) is 10.7. The molecule has 0 aliphatic carbocycles. The van der Waals surface area contributed by atoms with E-state index in [1.807, 2.05) is 6.08 Å². The van der Waals surface area contributed by atoms with Crippen molar-refractivity contribution >= 4 is 0 Å². The number of piperidine rings is 1. The van der Waals surface area contributed by atoms with Gasteiger partial charge < -0.3 is 5.73 Å². The summed E-state index contributed by atoms with van der Waals surface area (Å²) in [5, 5.41) is 0. The summed E-state index contributed by atoms with van der Waals surface area (Å²) < 4.78 is 0. The SMILES string of the molecule is CC1CCN(CC=CCN)C(C)C1. The first-order chi connectivity index (χ1) is 6.24. The topological polar surface area (TPSA) is 29.3 Å². The molecule has 0 aromatic carbocycles. The monoisotopic (exact) mass is 182 g/mol. The molecule has 13 heavy (non-hydrogen) atoms. The third-order valence-electron chi connectivity index (χ3n) is 2.92. The molecular weight excluding hydrogens is 160 g/mol. The van der Waals surface area contributed by atoms with E-state index < -0.39 is 0 Å². The molecule has 0 aromatic rings. The van der Waals surface area contributed by atoms with Crippen molar-refractivity contribution < 1.29 is 0 Å². The van der Waals surface area contributed by atoms with E-state index in [9.17, 15) is 0 Å². The highest BCUT2D eigenvalue weighted by Crippen LogP contribution is 2.21. The Labute approximate surface area is 81.8 Å². The van der Waals surface area contributed by atoms with Crippen LogP contribution in [0.5, 0.6) is 0 Å². The molecule has 0 radical (unpaired) electrons. The maximum atomic E-state index is 5.40. The third-order valence-corrected chi connectivity index (χ3v) is 2.92. The summed E-state index contributed by atoms with van der Waals surface area (Å²) in [7, 11) is 0. The highest BCUT2D eigenvalue weighted by Gasteiger charge is 2.21. The van der Waals surface area contributed by atoms with Crippen LogP contribution >= 0.6 is 0 Å². The van der Waals surface area contributed by atoms with Crippen molar-refractivity contribution in [3.63, 3.8) is 0 Å². The van der Waals surface area contributed by atoms with Crippen LogP contribution in [-0.2, 0) is 0 Å². The van der Waals surface area contributed by atoms with Crippen LogP contribution in [0.25, 0.3) is 0 Å². The van der Waals surface area contributed by atoms with E-state index in [-0.39, 0.29) is 0 Å². The molecule has 0 bridgehead atoms. The quantitative estimate of drug-likeness (QED) is 0.672. The van der Waals surface area contributed by atoms with E-state index >= 15 is 0 Å². The van der Waals surface area contributed by atoms with Crippen molar-refractivity contribution in [2.24, 2.45) is 11.7 Å². The lowest BCUT2D eigenvalue weighted by Crippen LogP contribution is -2.40. The van der Waals surface area contributed by atoms with Gasteiger partial charge in [-0.3, -0.25) is 4.90 Å². The lowest BCUT2D eigenvalue weighted by molar-refractivity contribution is 0.144. The van der Waals surface area contributed by atoms with Crippen molar-refractivity contribution in [3.8, 4) is 0 Å². The van der Waals surface area contributed by atoms with Gasteiger partial charge in [0.1, 0.15) is 0 Å². The maximum absolute atomic E-state index is 5.40. The van der Waals surface area contributed by atoms with Crippen molar-refractivity contribution in [1.82, 2.24) is 4.90 Å². The minimum atomic E-state index is 0.665. The molecule has 2 heteroatoms. The van der Waals surface area contributed by atoms with E-state index in [4.69, 9.17) is 5.73 Å². The van der Waals surface area contributed by atoms with E-state index in [1.54, 1.807) is 0 Å². The summed E-state index contributed by atoms with van der Waals surface area (Å²) in [6.07, 6.45) is 6.93. The second kappa shape index (κ2) is 5.40. The number of nitrogens with two attached hydrogens (primary N) is 1. The summed E-state index contributed by atoms with van der Waals surface area (Å²) in [5.74, 6) is 0.907. The number of hydrogen-bond acceptors (Lipinski definition) is 2. The second-order valence-corrected chi connectivity index (χ2v) is 4.18. The summed E-state index contributed by atoms with van der Waals surface area (Å²) in [6.45, 7) is 7.66. The van der Waals surface area contributed by atoms with Crippen LogP contribution in [0.1, 0.15) is 26.7 Å².